The molecule has 1 amide bonds. The molecule has 0 bridgehead atoms. The van der Waals surface area contributed by atoms with E-state index < -0.39 is 4.92 Å². The van der Waals surface area contributed by atoms with E-state index in [-0.39, 0.29) is 18.1 Å². The molecule has 136 valence electrons. The van der Waals surface area contributed by atoms with Gasteiger partial charge in [-0.1, -0.05) is 18.2 Å². The lowest BCUT2D eigenvalue weighted by Crippen LogP contribution is -2.20. The number of aromatic nitrogens is 1. The quantitative estimate of drug-likeness (QED) is 0.320. The summed E-state index contributed by atoms with van der Waals surface area (Å²) < 4.78 is 10.2. The van der Waals surface area contributed by atoms with Crippen LogP contribution < -0.4 is 10.1 Å². The predicted molar refractivity (Wildman–Crippen MR) is 95.6 cm³/mol. The van der Waals surface area contributed by atoms with Crippen molar-refractivity contribution in [2.24, 2.45) is 0 Å². The highest BCUT2D eigenvalue weighted by Gasteiger charge is 2.09. The first-order valence-electron chi connectivity index (χ1n) is 7.86. The number of carbonyl (C=O) groups excluding carboxylic acids is 1. The van der Waals surface area contributed by atoms with Crippen LogP contribution in [0, 0.1) is 10.1 Å². The topological polar surface area (TPSA) is 104 Å². The molecule has 1 aromatic carbocycles. The summed E-state index contributed by atoms with van der Waals surface area (Å²) in [5.41, 5.74) is 1.12. The summed E-state index contributed by atoms with van der Waals surface area (Å²) in [6.45, 7) is 1.17. The number of benzene rings is 1. The smallest absolute Gasteiger partial charge is 0.276 e. The molecule has 26 heavy (non-hydrogen) atoms. The summed E-state index contributed by atoms with van der Waals surface area (Å²) in [6.07, 6.45) is 4.28. The number of nitro groups is 1. The Hall–Kier alpha value is -3.26. The number of nitro benzene ring substituents is 1. The van der Waals surface area contributed by atoms with E-state index in [9.17, 15) is 14.9 Å². The maximum absolute atomic E-state index is 11.9. The molecular weight excluding hydrogens is 338 g/mol. The van der Waals surface area contributed by atoms with Crippen molar-refractivity contribution in [2.45, 2.75) is 6.54 Å². The Morgan fingerprint density at radius 1 is 1.27 bits per heavy atom. The second-order valence-electron chi connectivity index (χ2n) is 5.21. The number of amides is 1. The zero-order valence-electron chi connectivity index (χ0n) is 14.3. The molecule has 1 N–H and O–H groups in total. The average Bonchev–Trinajstić information content (AvgIpc) is 2.66. The molecule has 0 fully saturated rings. The lowest BCUT2D eigenvalue weighted by Gasteiger charge is -2.06. The molecule has 1 heterocycles. The summed E-state index contributed by atoms with van der Waals surface area (Å²) in [4.78, 5) is 26.5. The van der Waals surface area contributed by atoms with Crippen LogP contribution in [-0.4, -0.2) is 36.1 Å². The minimum Gasteiger partial charge on any atom is -0.475 e. The molecule has 8 heteroatoms. The second kappa shape index (κ2) is 9.90. The highest BCUT2D eigenvalue weighted by molar-refractivity contribution is 5.92. The lowest BCUT2D eigenvalue weighted by atomic mass is 10.1. The van der Waals surface area contributed by atoms with E-state index in [2.05, 4.69) is 10.3 Å². The van der Waals surface area contributed by atoms with E-state index in [0.717, 1.165) is 5.56 Å². The number of rotatable bonds is 9. The van der Waals surface area contributed by atoms with Gasteiger partial charge in [0.15, 0.2) is 0 Å². The summed E-state index contributed by atoms with van der Waals surface area (Å²) in [5, 5.41) is 13.6. The molecule has 0 atom stereocenters. The van der Waals surface area contributed by atoms with Crippen molar-refractivity contribution in [1.82, 2.24) is 10.3 Å². The molecule has 0 aliphatic heterocycles. The number of nitrogens with one attached hydrogen (secondary N) is 1. The largest absolute Gasteiger partial charge is 0.475 e. The zero-order valence-corrected chi connectivity index (χ0v) is 14.3. The molecule has 0 spiro atoms. The fourth-order valence-electron chi connectivity index (χ4n) is 2.04. The van der Waals surface area contributed by atoms with E-state index in [4.69, 9.17) is 9.47 Å². The van der Waals surface area contributed by atoms with E-state index in [1.807, 2.05) is 0 Å². The molecule has 0 aliphatic carbocycles. The summed E-state index contributed by atoms with van der Waals surface area (Å²) in [7, 11) is 1.59. The minimum atomic E-state index is -0.487. The molecule has 2 rings (SSSR count). The third-order valence-corrected chi connectivity index (χ3v) is 3.35. The Kier molecular flexibility index (Phi) is 7.26. The number of hydrogen-bond acceptors (Lipinski definition) is 6. The molecule has 2 aromatic rings. The van der Waals surface area contributed by atoms with Gasteiger partial charge in [0, 0.05) is 38.1 Å². The first kappa shape index (κ1) is 19.1. The van der Waals surface area contributed by atoms with Crippen molar-refractivity contribution in [3.05, 3.63) is 69.9 Å². The summed E-state index contributed by atoms with van der Waals surface area (Å²) in [5.74, 6) is 0.122. The highest BCUT2D eigenvalue weighted by Crippen LogP contribution is 2.18. The molecule has 8 nitrogen and oxygen atoms in total. The third kappa shape index (κ3) is 5.99. The fraction of sp³-hybridized carbons (Fsp3) is 0.222. The lowest BCUT2D eigenvalue weighted by molar-refractivity contribution is -0.385. The SMILES string of the molecule is COCCOc1ccc(CNC(=O)/C=C/c2ccccc2[N+](=O)[O-])cn1. The first-order valence-corrected chi connectivity index (χ1v) is 7.86. The zero-order chi connectivity index (χ0) is 18.8. The number of nitrogens with zero attached hydrogens (tertiary/aromatic N) is 2. The maximum Gasteiger partial charge on any atom is 0.276 e. The third-order valence-electron chi connectivity index (χ3n) is 3.35. The molecule has 1 aromatic heterocycles. The van der Waals surface area contributed by atoms with Crippen molar-refractivity contribution in [3.63, 3.8) is 0 Å². The minimum absolute atomic E-state index is 0.0511. The van der Waals surface area contributed by atoms with Crippen LogP contribution in [0.25, 0.3) is 6.08 Å². The number of pyridine rings is 1. The van der Waals surface area contributed by atoms with Crippen LogP contribution in [-0.2, 0) is 16.1 Å². The Morgan fingerprint density at radius 3 is 2.77 bits per heavy atom. The molecule has 0 unspecified atom stereocenters. The van der Waals surface area contributed by atoms with Gasteiger partial charge >= 0.3 is 0 Å². The standard InChI is InChI=1S/C18H19N3O5/c1-25-10-11-26-18-9-6-14(13-20-18)12-19-17(22)8-7-15-4-2-3-5-16(15)21(23)24/h2-9,13H,10-12H2,1H3,(H,19,22)/b8-7+. The predicted octanol–water partition coefficient (Wildman–Crippen LogP) is 2.34. The van der Waals surface area contributed by atoms with Gasteiger partial charge in [0.2, 0.25) is 11.8 Å². The summed E-state index contributed by atoms with van der Waals surface area (Å²) in [6, 6.07) is 9.72. The number of carbonyl (C=O) groups is 1. The van der Waals surface area contributed by atoms with Crippen LogP contribution in [0.2, 0.25) is 0 Å². The highest BCUT2D eigenvalue weighted by atomic mass is 16.6. The van der Waals surface area contributed by atoms with E-state index in [0.29, 0.717) is 24.7 Å². The van der Waals surface area contributed by atoms with E-state index in [1.54, 1.807) is 43.6 Å². The average molecular weight is 357 g/mol. The molecule has 0 radical (unpaired) electrons. The summed E-state index contributed by atoms with van der Waals surface area (Å²) >= 11 is 0. The van der Waals surface area contributed by atoms with Crippen LogP contribution in [0.5, 0.6) is 5.88 Å². The Bertz CT molecular complexity index is 775. The van der Waals surface area contributed by atoms with Crippen LogP contribution in [0.1, 0.15) is 11.1 Å². The van der Waals surface area contributed by atoms with Crippen LogP contribution >= 0.6 is 0 Å². The second-order valence-corrected chi connectivity index (χ2v) is 5.21. The van der Waals surface area contributed by atoms with Crippen molar-refractivity contribution >= 4 is 17.7 Å². The van der Waals surface area contributed by atoms with Crippen LogP contribution in [0.4, 0.5) is 5.69 Å². The molecule has 0 saturated carbocycles. The van der Waals surface area contributed by atoms with Crippen LogP contribution in [0.15, 0.2) is 48.7 Å². The first-order chi connectivity index (χ1) is 12.6. The number of para-hydroxylation sites is 1. The Morgan fingerprint density at radius 2 is 2.08 bits per heavy atom. The van der Waals surface area contributed by atoms with Crippen LogP contribution in [0.3, 0.4) is 0 Å². The van der Waals surface area contributed by atoms with Gasteiger partial charge < -0.3 is 14.8 Å². The molecule has 0 aliphatic rings. The Balaban J connectivity index is 1.86. The normalized spacial score (nSPS) is 10.7. The monoisotopic (exact) mass is 357 g/mol. The van der Waals surface area contributed by atoms with Gasteiger partial charge in [-0.15, -0.1) is 0 Å². The van der Waals surface area contributed by atoms with Gasteiger partial charge in [-0.05, 0) is 17.7 Å². The van der Waals surface area contributed by atoms with E-state index in [1.165, 1.54) is 18.2 Å². The maximum atomic E-state index is 11.9. The van der Waals surface area contributed by atoms with E-state index >= 15 is 0 Å². The van der Waals surface area contributed by atoms with Crippen molar-refractivity contribution < 1.29 is 19.2 Å². The fourth-order valence-corrected chi connectivity index (χ4v) is 2.04. The van der Waals surface area contributed by atoms with Gasteiger partial charge in [-0.25, -0.2) is 4.98 Å². The molecular formula is C18H19N3O5. The van der Waals surface area contributed by atoms with Gasteiger partial charge in [-0.2, -0.15) is 0 Å². The Labute approximate surface area is 150 Å². The number of methoxy groups -OCH3 is 1. The van der Waals surface area contributed by atoms with Gasteiger partial charge in [0.1, 0.15) is 6.61 Å². The number of ether oxygens (including phenoxy) is 2. The van der Waals surface area contributed by atoms with Crippen molar-refractivity contribution in [3.8, 4) is 5.88 Å². The van der Waals surface area contributed by atoms with Crippen molar-refractivity contribution in [1.29, 1.82) is 0 Å². The molecule has 0 saturated heterocycles. The van der Waals surface area contributed by atoms with Gasteiger partial charge in [-0.3, -0.25) is 14.9 Å². The van der Waals surface area contributed by atoms with Crippen molar-refractivity contribution in [2.75, 3.05) is 20.3 Å². The van der Waals surface area contributed by atoms with Gasteiger partial charge in [0.05, 0.1) is 17.1 Å². The number of hydrogen-bond donors (Lipinski definition) is 1. The van der Waals surface area contributed by atoms with Gasteiger partial charge in [0.25, 0.3) is 5.69 Å².